The average Bonchev–Trinajstić information content (AvgIpc) is 2.03. The van der Waals surface area contributed by atoms with E-state index in [-0.39, 0.29) is 0 Å². The summed E-state index contributed by atoms with van der Waals surface area (Å²) in [6.45, 7) is 8.68. The van der Waals surface area contributed by atoms with E-state index in [1.807, 2.05) is 6.07 Å². The van der Waals surface area contributed by atoms with Gasteiger partial charge in [0.1, 0.15) is 0 Å². The highest BCUT2D eigenvalue weighted by atomic mass is 35.5. The molecule has 0 saturated carbocycles. The second-order valence-corrected chi connectivity index (χ2v) is 4.08. The molecule has 0 saturated heterocycles. The molecule has 0 rings (SSSR count). The van der Waals surface area contributed by atoms with Crippen LogP contribution in [0.3, 0.4) is 0 Å². The molecule has 4 heteroatoms. The molecule has 0 aliphatic rings. The molecule has 0 aliphatic carbocycles. The molecule has 0 heterocycles. The molecule has 0 aromatic carbocycles. The van der Waals surface area contributed by atoms with Crippen molar-refractivity contribution in [2.24, 2.45) is 0 Å². The van der Waals surface area contributed by atoms with Crippen molar-refractivity contribution in [3.05, 3.63) is 0 Å². The predicted molar refractivity (Wildman–Crippen MR) is 57.9 cm³/mol. The molecule has 0 aliphatic heterocycles. The van der Waals surface area contributed by atoms with Crippen molar-refractivity contribution in [1.82, 2.24) is 4.90 Å². The Balaban J connectivity index is 4.03. The predicted octanol–water partition coefficient (Wildman–Crippen LogP) is 2.56. The fourth-order valence-corrected chi connectivity index (χ4v) is 1.89. The van der Waals surface area contributed by atoms with E-state index in [2.05, 4.69) is 32.6 Å². The summed E-state index contributed by atoms with van der Waals surface area (Å²) in [5.41, 5.74) is -0.441. The van der Waals surface area contributed by atoms with Crippen molar-refractivity contribution in [1.29, 1.82) is 5.26 Å². The lowest BCUT2D eigenvalue weighted by atomic mass is 10.2. The van der Waals surface area contributed by atoms with Crippen LogP contribution in [-0.2, 0) is 4.74 Å². The van der Waals surface area contributed by atoms with Gasteiger partial charge in [0.05, 0.1) is 19.1 Å². The zero-order valence-electron chi connectivity index (χ0n) is 9.33. The first-order valence-electron chi connectivity index (χ1n) is 4.90. The van der Waals surface area contributed by atoms with Crippen LogP contribution in [0, 0.1) is 11.3 Å². The third kappa shape index (κ3) is 4.80. The van der Waals surface area contributed by atoms with Crippen molar-refractivity contribution >= 4 is 11.6 Å². The van der Waals surface area contributed by atoms with E-state index in [9.17, 15) is 0 Å². The van der Waals surface area contributed by atoms with Crippen molar-refractivity contribution in [3.63, 3.8) is 0 Å². The lowest BCUT2D eigenvalue weighted by Crippen LogP contribution is -2.43. The number of hydrogen-bond acceptors (Lipinski definition) is 3. The van der Waals surface area contributed by atoms with Gasteiger partial charge in [-0.05, 0) is 27.7 Å². The molecule has 0 radical (unpaired) electrons. The molecule has 1 atom stereocenters. The zero-order chi connectivity index (χ0) is 11.1. The summed E-state index contributed by atoms with van der Waals surface area (Å²) in [6, 6.07) is 2.68. The fourth-order valence-electron chi connectivity index (χ4n) is 1.35. The number of ether oxygens (including phenoxy) is 1. The molecule has 14 heavy (non-hydrogen) atoms. The molecular weight excluding hydrogens is 200 g/mol. The smallest absolute Gasteiger partial charge is 0.188 e. The van der Waals surface area contributed by atoms with Crippen LogP contribution in [0.5, 0.6) is 0 Å². The minimum absolute atomic E-state index is 0.333. The molecular formula is C10H19ClN2O. The Kier molecular flexibility index (Phi) is 6.90. The summed E-state index contributed by atoms with van der Waals surface area (Å²) in [4.78, 5) is 2.05. The molecule has 0 aromatic heterocycles. The van der Waals surface area contributed by atoms with Crippen LogP contribution in [-0.4, -0.2) is 29.3 Å². The Morgan fingerprint density at radius 1 is 1.29 bits per heavy atom. The lowest BCUT2D eigenvalue weighted by molar-refractivity contribution is -0.0344. The normalized spacial score (nSPS) is 13.6. The average molecular weight is 219 g/mol. The van der Waals surface area contributed by atoms with Gasteiger partial charge in [-0.2, -0.15) is 5.26 Å². The van der Waals surface area contributed by atoms with Gasteiger partial charge in [-0.25, -0.2) is 0 Å². The third-order valence-electron chi connectivity index (χ3n) is 1.90. The first-order valence-corrected chi connectivity index (χ1v) is 5.34. The number of hydrogen-bond donors (Lipinski definition) is 0. The Morgan fingerprint density at radius 3 is 2.14 bits per heavy atom. The summed E-state index contributed by atoms with van der Waals surface area (Å²) < 4.78 is 5.34. The van der Waals surface area contributed by atoms with Gasteiger partial charge in [-0.15, -0.1) is 0 Å². The fraction of sp³-hybridized carbons (Fsp3) is 0.900. The topological polar surface area (TPSA) is 36.3 Å². The van der Waals surface area contributed by atoms with Crippen LogP contribution < -0.4 is 0 Å². The van der Waals surface area contributed by atoms with Gasteiger partial charge in [0.25, 0.3) is 0 Å². The summed E-state index contributed by atoms with van der Waals surface area (Å²) in [5, 5.41) is 8.35. The van der Waals surface area contributed by atoms with E-state index >= 15 is 0 Å². The molecule has 0 amide bonds. The molecule has 82 valence electrons. The maximum absolute atomic E-state index is 8.35. The van der Waals surface area contributed by atoms with Gasteiger partial charge in [0, 0.05) is 12.1 Å². The molecule has 0 fully saturated rings. The summed E-state index contributed by atoms with van der Waals surface area (Å²) in [7, 11) is 0. The van der Waals surface area contributed by atoms with Crippen LogP contribution >= 0.6 is 11.6 Å². The number of nitrogens with zero attached hydrogens (tertiary/aromatic N) is 2. The van der Waals surface area contributed by atoms with Gasteiger partial charge in [-0.3, -0.25) is 4.90 Å². The monoisotopic (exact) mass is 218 g/mol. The van der Waals surface area contributed by atoms with Crippen molar-refractivity contribution < 1.29 is 4.74 Å². The van der Waals surface area contributed by atoms with E-state index in [1.165, 1.54) is 0 Å². The van der Waals surface area contributed by atoms with E-state index in [0.717, 1.165) is 0 Å². The van der Waals surface area contributed by atoms with Gasteiger partial charge < -0.3 is 4.74 Å². The maximum atomic E-state index is 8.35. The van der Waals surface area contributed by atoms with E-state index in [1.54, 1.807) is 0 Å². The van der Waals surface area contributed by atoms with Gasteiger partial charge in [-0.1, -0.05) is 11.6 Å². The Bertz CT molecular complexity index is 181. The quantitative estimate of drug-likeness (QED) is 0.298. The van der Waals surface area contributed by atoms with Crippen molar-refractivity contribution in [2.45, 2.75) is 51.9 Å². The van der Waals surface area contributed by atoms with Gasteiger partial charge in [0.15, 0.2) is 5.69 Å². The number of halogens is 1. The minimum atomic E-state index is -0.441. The first-order chi connectivity index (χ1) is 6.50. The molecule has 0 bridgehead atoms. The van der Waals surface area contributed by atoms with Crippen molar-refractivity contribution in [2.75, 3.05) is 6.61 Å². The standard InChI is InChI=1S/C10H19ClN2O/c1-8(2)13(9(3)4)10(11)14-7-5-6-12/h8-10H,5,7H2,1-4H3. The summed E-state index contributed by atoms with van der Waals surface area (Å²) >= 11 is 6.07. The second-order valence-electron chi connectivity index (χ2n) is 3.71. The van der Waals surface area contributed by atoms with Crippen LogP contribution in [0.15, 0.2) is 0 Å². The van der Waals surface area contributed by atoms with Crippen LogP contribution in [0.4, 0.5) is 0 Å². The number of rotatable bonds is 6. The second kappa shape index (κ2) is 7.05. The van der Waals surface area contributed by atoms with E-state index in [0.29, 0.717) is 25.1 Å². The van der Waals surface area contributed by atoms with E-state index < -0.39 is 5.69 Å². The Labute approximate surface area is 91.6 Å². The Hall–Kier alpha value is -0.300. The molecule has 3 nitrogen and oxygen atoms in total. The molecule has 0 N–H and O–H groups in total. The number of alkyl halides is 1. The molecule has 0 aromatic rings. The lowest BCUT2D eigenvalue weighted by Gasteiger charge is -2.34. The van der Waals surface area contributed by atoms with Crippen LogP contribution in [0.25, 0.3) is 0 Å². The third-order valence-corrected chi connectivity index (χ3v) is 2.25. The van der Waals surface area contributed by atoms with E-state index in [4.69, 9.17) is 21.6 Å². The highest BCUT2D eigenvalue weighted by Crippen LogP contribution is 2.15. The highest BCUT2D eigenvalue weighted by Gasteiger charge is 2.21. The number of nitriles is 1. The van der Waals surface area contributed by atoms with Gasteiger partial charge >= 0.3 is 0 Å². The SMILES string of the molecule is CC(C)N(C(C)C)C(Cl)OCCC#N. The molecule has 0 spiro atoms. The first kappa shape index (κ1) is 13.7. The largest absolute Gasteiger partial charge is 0.348 e. The zero-order valence-corrected chi connectivity index (χ0v) is 10.1. The summed E-state index contributed by atoms with van der Waals surface area (Å²) in [5.74, 6) is 0. The maximum Gasteiger partial charge on any atom is 0.188 e. The highest BCUT2D eigenvalue weighted by molar-refractivity contribution is 6.19. The van der Waals surface area contributed by atoms with Crippen molar-refractivity contribution in [3.8, 4) is 6.07 Å². The van der Waals surface area contributed by atoms with Crippen LogP contribution in [0.2, 0.25) is 0 Å². The van der Waals surface area contributed by atoms with Crippen LogP contribution in [0.1, 0.15) is 34.1 Å². The molecule has 1 unspecified atom stereocenters. The summed E-state index contributed by atoms with van der Waals surface area (Å²) in [6.07, 6.45) is 0.382. The van der Waals surface area contributed by atoms with Gasteiger partial charge in [0.2, 0.25) is 0 Å². The minimum Gasteiger partial charge on any atom is -0.348 e. The Morgan fingerprint density at radius 2 is 1.79 bits per heavy atom.